The highest BCUT2D eigenvalue weighted by Gasteiger charge is 2.41. The number of ether oxygens (including phenoxy) is 1. The molecule has 0 aromatic carbocycles. The summed E-state index contributed by atoms with van der Waals surface area (Å²) in [5.41, 5.74) is 0. The minimum Gasteiger partial charge on any atom is -0.387 e. The van der Waals surface area contributed by atoms with Crippen LogP contribution in [0.3, 0.4) is 0 Å². The third kappa shape index (κ3) is 0.962. The number of aliphatic hydroxyl groups is 2. The maximum absolute atomic E-state index is 10.0. The largest absolute Gasteiger partial charge is 0.387 e. The van der Waals surface area contributed by atoms with Crippen molar-refractivity contribution in [2.45, 2.75) is 18.3 Å². The molecule has 0 amide bonds. The summed E-state index contributed by atoms with van der Waals surface area (Å²) in [6.07, 6.45) is -0.533. The van der Waals surface area contributed by atoms with Gasteiger partial charge in [-0.3, -0.25) is 4.79 Å². The molecule has 4 nitrogen and oxygen atoms in total. The Labute approximate surface area is 52.1 Å². The Morgan fingerprint density at radius 1 is 1.78 bits per heavy atom. The van der Waals surface area contributed by atoms with Crippen molar-refractivity contribution in [3.05, 3.63) is 0 Å². The first-order chi connectivity index (χ1) is 4.19. The van der Waals surface area contributed by atoms with Gasteiger partial charge < -0.3 is 14.9 Å². The fourth-order valence-corrected chi connectivity index (χ4v) is 0.750. The van der Waals surface area contributed by atoms with E-state index in [1.165, 1.54) is 0 Å². The van der Waals surface area contributed by atoms with Crippen molar-refractivity contribution in [1.82, 2.24) is 0 Å². The zero-order valence-corrected chi connectivity index (χ0v) is 4.78. The predicted molar refractivity (Wildman–Crippen MR) is 27.6 cm³/mol. The van der Waals surface area contributed by atoms with Crippen LogP contribution >= 0.6 is 0 Å². The molecule has 0 radical (unpaired) electrons. The van der Waals surface area contributed by atoms with Crippen LogP contribution in [0.15, 0.2) is 0 Å². The summed E-state index contributed by atoms with van der Waals surface area (Å²) in [4.78, 5) is 10.0. The lowest BCUT2D eigenvalue weighted by atomic mass is 10.1. The molecule has 0 saturated carbocycles. The summed E-state index contributed by atoms with van der Waals surface area (Å²) >= 11 is 0. The molecule has 2 N–H and O–H groups in total. The highest BCUT2D eigenvalue weighted by atomic mass is 16.6. The summed E-state index contributed by atoms with van der Waals surface area (Å²) in [6, 6.07) is 0. The van der Waals surface area contributed by atoms with Crippen LogP contribution in [0.5, 0.6) is 0 Å². The van der Waals surface area contributed by atoms with E-state index in [2.05, 4.69) is 4.74 Å². The summed E-state index contributed by atoms with van der Waals surface area (Å²) in [7, 11) is 0. The quantitative estimate of drug-likeness (QED) is 0.433. The van der Waals surface area contributed by atoms with Crippen LogP contribution in [0, 0.1) is 0 Å². The van der Waals surface area contributed by atoms with E-state index < -0.39 is 11.9 Å². The number of rotatable bonds is 1. The van der Waals surface area contributed by atoms with E-state index in [4.69, 9.17) is 10.2 Å². The van der Waals surface area contributed by atoms with Crippen LogP contribution in [-0.4, -0.2) is 35.0 Å². The first-order valence-corrected chi connectivity index (χ1v) is 2.70. The van der Waals surface area contributed by atoms with Gasteiger partial charge in [0, 0.05) is 6.42 Å². The Balaban J connectivity index is 2.66. The molecule has 0 aromatic heterocycles. The maximum atomic E-state index is 10.0. The van der Waals surface area contributed by atoms with Crippen LogP contribution in [0.4, 0.5) is 0 Å². The monoisotopic (exact) mass is 132 g/mol. The molecule has 1 saturated heterocycles. The van der Waals surface area contributed by atoms with Crippen molar-refractivity contribution in [3.8, 4) is 0 Å². The molecule has 1 heterocycles. The lowest BCUT2D eigenvalue weighted by molar-refractivity contribution is -0.199. The molecule has 1 rings (SSSR count). The molecule has 0 spiro atoms. The van der Waals surface area contributed by atoms with Crippen molar-refractivity contribution in [2.75, 3.05) is 6.61 Å². The van der Waals surface area contributed by atoms with E-state index >= 15 is 0 Å². The van der Waals surface area contributed by atoms with Gasteiger partial charge in [-0.05, 0) is 0 Å². The molecule has 0 aromatic rings. The first kappa shape index (κ1) is 6.67. The van der Waals surface area contributed by atoms with Crippen molar-refractivity contribution < 1.29 is 19.7 Å². The minimum atomic E-state index is -1.93. The number of carbonyl (C=O) groups is 1. The maximum Gasteiger partial charge on any atom is 0.250 e. The Morgan fingerprint density at radius 2 is 2.44 bits per heavy atom. The third-order valence-corrected chi connectivity index (χ3v) is 1.37. The fourth-order valence-electron chi connectivity index (χ4n) is 0.750. The number of hydrogen-bond donors (Lipinski definition) is 2. The Morgan fingerprint density at radius 3 is 2.67 bits per heavy atom. The van der Waals surface area contributed by atoms with Crippen LogP contribution < -0.4 is 0 Å². The first-order valence-electron chi connectivity index (χ1n) is 2.70. The molecule has 1 aliphatic heterocycles. The van der Waals surface area contributed by atoms with E-state index in [-0.39, 0.29) is 12.9 Å². The molecule has 52 valence electrons. The smallest absolute Gasteiger partial charge is 0.250 e. The van der Waals surface area contributed by atoms with Gasteiger partial charge in [0.15, 0.2) is 6.29 Å². The average Bonchev–Trinajstić information content (AvgIpc) is 2.15. The van der Waals surface area contributed by atoms with Crippen LogP contribution in [0.25, 0.3) is 0 Å². The number of aliphatic hydroxyl groups excluding tert-OH is 1. The van der Waals surface area contributed by atoms with Gasteiger partial charge in [0.1, 0.15) is 6.10 Å². The van der Waals surface area contributed by atoms with Gasteiger partial charge in [-0.25, -0.2) is 0 Å². The van der Waals surface area contributed by atoms with Gasteiger partial charge in [-0.2, -0.15) is 0 Å². The molecular formula is C5H8O4. The van der Waals surface area contributed by atoms with Crippen molar-refractivity contribution in [1.29, 1.82) is 0 Å². The molecule has 0 bridgehead atoms. The normalized spacial score (nSPS) is 43.1. The zero-order valence-electron chi connectivity index (χ0n) is 4.78. The second-order valence-electron chi connectivity index (χ2n) is 2.02. The zero-order chi connectivity index (χ0) is 6.91. The van der Waals surface area contributed by atoms with Gasteiger partial charge >= 0.3 is 0 Å². The highest BCUT2D eigenvalue weighted by Crippen LogP contribution is 2.20. The second kappa shape index (κ2) is 2.06. The van der Waals surface area contributed by atoms with E-state index in [0.717, 1.165) is 0 Å². The highest BCUT2D eigenvalue weighted by molar-refractivity contribution is 5.61. The van der Waals surface area contributed by atoms with Crippen LogP contribution in [-0.2, 0) is 9.53 Å². The van der Waals surface area contributed by atoms with Crippen molar-refractivity contribution >= 4 is 6.29 Å². The van der Waals surface area contributed by atoms with Crippen LogP contribution in [0.2, 0.25) is 0 Å². The third-order valence-electron chi connectivity index (χ3n) is 1.37. The Hall–Kier alpha value is -0.450. The van der Waals surface area contributed by atoms with Gasteiger partial charge in [0.05, 0.1) is 6.61 Å². The topological polar surface area (TPSA) is 66.8 Å². The number of aldehydes is 1. The van der Waals surface area contributed by atoms with E-state index in [9.17, 15) is 4.79 Å². The summed E-state index contributed by atoms with van der Waals surface area (Å²) in [5.74, 6) is -1.93. The average molecular weight is 132 g/mol. The molecule has 0 aliphatic carbocycles. The SMILES string of the molecule is O=CC1(O)OCC[C@@H]1O. The van der Waals surface area contributed by atoms with Crippen molar-refractivity contribution in [3.63, 3.8) is 0 Å². The van der Waals surface area contributed by atoms with Gasteiger partial charge in [-0.1, -0.05) is 0 Å². The van der Waals surface area contributed by atoms with E-state index in [1.807, 2.05) is 0 Å². The van der Waals surface area contributed by atoms with E-state index in [0.29, 0.717) is 6.42 Å². The predicted octanol–water partition coefficient (Wildman–Crippen LogP) is -1.34. The number of carbonyl (C=O) groups excluding carboxylic acids is 1. The molecular weight excluding hydrogens is 124 g/mol. The summed E-state index contributed by atoms with van der Waals surface area (Å²) in [6.45, 7) is 0.233. The standard InChI is InChI=1S/C5H8O4/c6-3-5(8)4(7)1-2-9-5/h3-4,7-8H,1-2H2/t4-,5?/m0/s1. The van der Waals surface area contributed by atoms with Gasteiger partial charge in [0.2, 0.25) is 5.79 Å². The van der Waals surface area contributed by atoms with Crippen molar-refractivity contribution in [2.24, 2.45) is 0 Å². The molecule has 9 heavy (non-hydrogen) atoms. The van der Waals surface area contributed by atoms with Gasteiger partial charge in [0.25, 0.3) is 0 Å². The lowest BCUT2D eigenvalue weighted by Gasteiger charge is -2.16. The Bertz CT molecular complexity index is 124. The second-order valence-corrected chi connectivity index (χ2v) is 2.02. The lowest BCUT2D eigenvalue weighted by Crippen LogP contribution is -2.40. The minimum absolute atomic E-state index is 0.213. The number of hydrogen-bond acceptors (Lipinski definition) is 4. The van der Waals surface area contributed by atoms with Crippen LogP contribution in [0.1, 0.15) is 6.42 Å². The molecule has 4 heteroatoms. The summed E-state index contributed by atoms with van der Waals surface area (Å²) in [5, 5.41) is 17.8. The molecule has 1 fully saturated rings. The molecule has 2 atom stereocenters. The van der Waals surface area contributed by atoms with Gasteiger partial charge in [-0.15, -0.1) is 0 Å². The van der Waals surface area contributed by atoms with E-state index in [1.54, 1.807) is 0 Å². The molecule has 1 aliphatic rings. The fraction of sp³-hybridized carbons (Fsp3) is 0.800. The summed E-state index contributed by atoms with van der Waals surface area (Å²) < 4.78 is 4.54. The Kier molecular flexibility index (Phi) is 1.52. The molecule has 1 unspecified atom stereocenters.